The van der Waals surface area contributed by atoms with Gasteiger partial charge in [0.1, 0.15) is 5.75 Å². The zero-order valence-electron chi connectivity index (χ0n) is 17.1. The molecule has 2 nitrogen and oxygen atoms in total. The average Bonchev–Trinajstić information content (AvgIpc) is 2.69. The summed E-state index contributed by atoms with van der Waals surface area (Å²) < 4.78 is 59.7. The van der Waals surface area contributed by atoms with Gasteiger partial charge in [-0.2, -0.15) is 0 Å². The number of halogens is 4. The summed E-state index contributed by atoms with van der Waals surface area (Å²) in [5.41, 5.74) is 0. The Bertz CT molecular complexity index is 636. The molecule has 3 rings (SSSR count). The van der Waals surface area contributed by atoms with Gasteiger partial charge in [-0.1, -0.05) is 44.3 Å². The summed E-state index contributed by atoms with van der Waals surface area (Å²) >= 11 is 0. The van der Waals surface area contributed by atoms with Crippen molar-refractivity contribution in [2.24, 2.45) is 17.8 Å². The van der Waals surface area contributed by atoms with Crippen molar-refractivity contribution in [2.75, 3.05) is 6.61 Å². The van der Waals surface area contributed by atoms with Crippen LogP contribution >= 0.6 is 0 Å². The van der Waals surface area contributed by atoms with E-state index in [1.165, 1.54) is 56.3 Å². The summed E-state index contributed by atoms with van der Waals surface area (Å²) in [6, 6.07) is 7.83. The van der Waals surface area contributed by atoms with Crippen molar-refractivity contribution in [1.29, 1.82) is 0 Å². The van der Waals surface area contributed by atoms with E-state index >= 15 is 0 Å². The van der Waals surface area contributed by atoms with Gasteiger partial charge in [0.2, 0.25) is 0 Å². The number of hydrogen-bond donors (Lipinski definition) is 0. The van der Waals surface area contributed by atoms with Crippen molar-refractivity contribution < 1.29 is 27.0 Å². The van der Waals surface area contributed by atoms with E-state index < -0.39 is 26.7 Å². The van der Waals surface area contributed by atoms with Crippen molar-refractivity contribution in [3.05, 3.63) is 24.0 Å². The van der Waals surface area contributed by atoms with Crippen LogP contribution in [0.4, 0.5) is 17.6 Å². The molecule has 164 valence electrons. The maximum atomic E-state index is 13.8. The molecule has 0 radical (unpaired) electrons. The lowest BCUT2D eigenvalue weighted by molar-refractivity contribution is -0.275. The van der Waals surface area contributed by atoms with Gasteiger partial charge in [-0.15, -0.1) is 13.2 Å². The van der Waals surface area contributed by atoms with Crippen LogP contribution in [-0.2, 0) is 0 Å². The molecule has 2 fully saturated rings. The van der Waals surface area contributed by atoms with Crippen LogP contribution in [0.2, 0.25) is 18.1 Å². The maximum Gasteiger partial charge on any atom is 0.573 e. The van der Waals surface area contributed by atoms with E-state index in [1.54, 1.807) is 0 Å². The number of hydrogen-bond acceptors (Lipinski definition) is 2. The molecule has 1 saturated heterocycles. The van der Waals surface area contributed by atoms with Gasteiger partial charge >= 0.3 is 6.36 Å². The molecule has 1 heterocycles. The Hall–Kier alpha value is -1.24. The molecular weight excluding hydrogens is 400 g/mol. The van der Waals surface area contributed by atoms with Gasteiger partial charge in [-0.05, 0) is 55.6 Å². The van der Waals surface area contributed by atoms with Crippen LogP contribution in [0.3, 0.4) is 0 Å². The first kappa shape index (κ1) is 22.4. The molecule has 1 saturated carbocycles. The molecule has 0 unspecified atom stereocenters. The predicted molar refractivity (Wildman–Crippen MR) is 109 cm³/mol. The maximum absolute atomic E-state index is 13.8. The van der Waals surface area contributed by atoms with E-state index in [1.807, 2.05) is 0 Å². The zero-order valence-corrected chi connectivity index (χ0v) is 18.3. The number of alkyl halides is 3. The van der Waals surface area contributed by atoms with E-state index in [9.17, 15) is 17.6 Å². The summed E-state index contributed by atoms with van der Waals surface area (Å²) in [5.74, 6) is 0.546. The van der Waals surface area contributed by atoms with Crippen molar-refractivity contribution >= 4 is 8.80 Å². The normalized spacial score (nSPS) is 28.2. The predicted octanol–water partition coefficient (Wildman–Crippen LogP) is 6.96. The smallest absolute Gasteiger partial charge is 0.493 e. The standard InChI is InChI=1S/C22H32F4O2Si/c1-2-11-29-12-9-18(10-13-29)17-5-3-16(4-6-17)15-27-19-7-8-21(20(23)14-19)28-22(24,25)26/h7-8,14,16-18,29H,2-6,9-13,15H2,1H3/t16-,17-,18?,29?. The molecule has 0 N–H and O–H groups in total. The number of rotatable bonds is 7. The zero-order chi connectivity index (χ0) is 20.9. The second kappa shape index (κ2) is 10.2. The van der Waals surface area contributed by atoms with Gasteiger partial charge in [-0.25, -0.2) is 4.39 Å². The minimum absolute atomic E-state index is 0.248. The van der Waals surface area contributed by atoms with E-state index in [0.717, 1.165) is 36.8 Å². The lowest BCUT2D eigenvalue weighted by atomic mass is 9.74. The van der Waals surface area contributed by atoms with Crippen LogP contribution in [0, 0.1) is 23.6 Å². The molecular formula is C22H32F4O2Si. The molecule has 1 aliphatic heterocycles. The van der Waals surface area contributed by atoms with Gasteiger partial charge in [0.25, 0.3) is 0 Å². The molecule has 0 aromatic heterocycles. The topological polar surface area (TPSA) is 18.5 Å². The highest BCUT2D eigenvalue weighted by Crippen LogP contribution is 2.41. The van der Waals surface area contributed by atoms with E-state index in [0.29, 0.717) is 12.5 Å². The molecule has 1 aromatic rings. The molecule has 0 spiro atoms. The molecule has 1 aliphatic carbocycles. The van der Waals surface area contributed by atoms with Crippen molar-refractivity contribution in [2.45, 2.75) is 76.4 Å². The summed E-state index contributed by atoms with van der Waals surface area (Å²) in [6.07, 6.45) is 4.05. The summed E-state index contributed by atoms with van der Waals surface area (Å²) in [6.45, 7) is 2.79. The Morgan fingerprint density at radius 1 is 1.00 bits per heavy atom. The third-order valence-electron chi connectivity index (χ3n) is 6.76. The Morgan fingerprint density at radius 3 is 2.24 bits per heavy atom. The van der Waals surface area contributed by atoms with E-state index in [2.05, 4.69) is 11.7 Å². The monoisotopic (exact) mass is 432 g/mol. The fraction of sp³-hybridized carbons (Fsp3) is 0.727. The fourth-order valence-corrected chi connectivity index (χ4v) is 8.66. The first-order valence-electron chi connectivity index (χ1n) is 11.0. The molecule has 0 bridgehead atoms. The molecule has 0 atom stereocenters. The molecule has 1 aromatic carbocycles. The largest absolute Gasteiger partial charge is 0.573 e. The van der Waals surface area contributed by atoms with Crippen LogP contribution in [0.1, 0.15) is 51.9 Å². The summed E-state index contributed by atoms with van der Waals surface area (Å²) in [5, 5.41) is 0. The van der Waals surface area contributed by atoms with Gasteiger partial charge in [0, 0.05) is 14.9 Å². The van der Waals surface area contributed by atoms with Gasteiger partial charge < -0.3 is 9.47 Å². The first-order chi connectivity index (χ1) is 13.8. The second-order valence-corrected chi connectivity index (χ2v) is 12.3. The minimum Gasteiger partial charge on any atom is -0.493 e. The molecule has 2 aliphatic rings. The second-order valence-electron chi connectivity index (χ2n) is 8.80. The lowest BCUT2D eigenvalue weighted by Crippen LogP contribution is -2.29. The SMILES string of the molecule is CCC[SiH]1CCC([C@H]2CC[C@H](COc3ccc(OC(F)(F)F)c(F)c3)CC2)CC1. The Morgan fingerprint density at radius 2 is 1.66 bits per heavy atom. The third-order valence-corrected chi connectivity index (χ3v) is 10.5. The quantitative estimate of drug-likeness (QED) is 0.343. The lowest BCUT2D eigenvalue weighted by Gasteiger charge is -2.37. The van der Waals surface area contributed by atoms with Crippen molar-refractivity contribution in [1.82, 2.24) is 0 Å². The molecule has 0 amide bonds. The van der Waals surface area contributed by atoms with E-state index in [4.69, 9.17) is 4.74 Å². The number of benzene rings is 1. The Balaban J connectivity index is 1.40. The van der Waals surface area contributed by atoms with Crippen LogP contribution in [0.15, 0.2) is 18.2 Å². The third kappa shape index (κ3) is 6.90. The van der Waals surface area contributed by atoms with Gasteiger partial charge in [0.05, 0.1) is 6.61 Å². The first-order valence-corrected chi connectivity index (χ1v) is 13.5. The van der Waals surface area contributed by atoms with Crippen LogP contribution < -0.4 is 9.47 Å². The Labute approximate surface area is 172 Å². The minimum atomic E-state index is -4.90. The van der Waals surface area contributed by atoms with Crippen molar-refractivity contribution in [3.63, 3.8) is 0 Å². The highest BCUT2D eigenvalue weighted by atomic mass is 28.3. The fourth-order valence-electron chi connectivity index (χ4n) is 5.18. The Kier molecular flexibility index (Phi) is 7.88. The van der Waals surface area contributed by atoms with Gasteiger partial charge in [0.15, 0.2) is 11.6 Å². The summed E-state index contributed by atoms with van der Waals surface area (Å²) in [4.78, 5) is 0. The highest BCUT2D eigenvalue weighted by Gasteiger charge is 2.33. The van der Waals surface area contributed by atoms with E-state index in [-0.39, 0.29) is 5.75 Å². The average molecular weight is 433 g/mol. The summed E-state index contributed by atoms with van der Waals surface area (Å²) in [7, 11) is -0.419. The van der Waals surface area contributed by atoms with Crippen LogP contribution in [0.25, 0.3) is 0 Å². The van der Waals surface area contributed by atoms with Crippen LogP contribution in [-0.4, -0.2) is 21.8 Å². The van der Waals surface area contributed by atoms with Crippen molar-refractivity contribution in [3.8, 4) is 11.5 Å². The van der Waals surface area contributed by atoms with Crippen LogP contribution in [0.5, 0.6) is 11.5 Å². The van der Waals surface area contributed by atoms with Gasteiger partial charge in [-0.3, -0.25) is 0 Å². The highest BCUT2D eigenvalue weighted by molar-refractivity contribution is 6.58. The molecule has 7 heteroatoms. The number of ether oxygens (including phenoxy) is 2. The molecule has 29 heavy (non-hydrogen) atoms.